The van der Waals surface area contributed by atoms with Crippen LogP contribution < -0.4 is 14.9 Å². The summed E-state index contributed by atoms with van der Waals surface area (Å²) in [4.78, 5) is 32.5. The molecule has 3 aromatic heterocycles. The predicted octanol–water partition coefficient (Wildman–Crippen LogP) is 4.19. The number of carbonyl (C=O) groups is 1. The zero-order chi connectivity index (χ0) is 24.9. The van der Waals surface area contributed by atoms with Crippen LogP contribution in [0.25, 0.3) is 11.8 Å². The summed E-state index contributed by atoms with van der Waals surface area (Å²) in [6.07, 6.45) is 1.93. The molecule has 8 heteroatoms. The van der Waals surface area contributed by atoms with Crippen molar-refractivity contribution in [2.45, 2.75) is 33.7 Å². The maximum absolute atomic E-state index is 13.7. The molecular formula is C27H25N3O3S2. The van der Waals surface area contributed by atoms with E-state index in [4.69, 9.17) is 4.74 Å². The van der Waals surface area contributed by atoms with Gasteiger partial charge in [-0.15, -0.1) is 11.3 Å². The minimum Gasteiger partial charge on any atom is -0.466 e. The van der Waals surface area contributed by atoms with E-state index < -0.39 is 12.0 Å². The molecule has 0 bridgehead atoms. The van der Waals surface area contributed by atoms with Gasteiger partial charge in [-0.05, 0) is 69.0 Å². The van der Waals surface area contributed by atoms with Crippen molar-refractivity contribution < 1.29 is 9.53 Å². The zero-order valence-electron chi connectivity index (χ0n) is 20.2. The number of thiazole rings is 1. The highest BCUT2D eigenvalue weighted by atomic mass is 32.1. The predicted molar refractivity (Wildman–Crippen MR) is 140 cm³/mol. The summed E-state index contributed by atoms with van der Waals surface area (Å²) < 4.78 is 9.45. The first-order valence-electron chi connectivity index (χ1n) is 11.2. The SMILES string of the molecule is COC(=O)C1=C(C)N=c2sc(=Cc3cc(C)n(-c4ccc(C)cc4)c3C)c(=O)n2C1c1cccs1. The number of rotatable bonds is 4. The first-order chi connectivity index (χ1) is 16.8. The summed E-state index contributed by atoms with van der Waals surface area (Å²) in [5, 5.41) is 1.94. The number of thiophene rings is 1. The van der Waals surface area contributed by atoms with Crippen molar-refractivity contribution in [3.8, 4) is 5.69 Å². The Balaban J connectivity index is 1.69. The average Bonchev–Trinajstić information content (AvgIpc) is 3.53. The third-order valence-electron chi connectivity index (χ3n) is 6.29. The molecule has 5 rings (SSSR count). The van der Waals surface area contributed by atoms with E-state index in [9.17, 15) is 9.59 Å². The number of nitrogens with zero attached hydrogens (tertiary/aromatic N) is 3. The van der Waals surface area contributed by atoms with Crippen molar-refractivity contribution in [2.24, 2.45) is 4.99 Å². The van der Waals surface area contributed by atoms with E-state index in [1.807, 2.05) is 23.6 Å². The number of hydrogen-bond donors (Lipinski definition) is 0. The molecule has 1 aliphatic rings. The van der Waals surface area contributed by atoms with Crippen molar-refractivity contribution in [1.29, 1.82) is 0 Å². The fraction of sp³-hybridized carbons (Fsp3) is 0.222. The molecule has 4 heterocycles. The highest BCUT2D eigenvalue weighted by Gasteiger charge is 2.33. The second kappa shape index (κ2) is 8.94. The lowest BCUT2D eigenvalue weighted by atomic mass is 10.0. The Morgan fingerprint density at radius 3 is 2.51 bits per heavy atom. The molecule has 0 spiro atoms. The van der Waals surface area contributed by atoms with Crippen LogP contribution in [0.1, 0.15) is 40.4 Å². The number of aryl methyl sites for hydroxylation is 2. The summed E-state index contributed by atoms with van der Waals surface area (Å²) in [6, 6.07) is 13.8. The highest BCUT2D eigenvalue weighted by Crippen LogP contribution is 2.33. The number of esters is 1. The minimum atomic E-state index is -0.555. The summed E-state index contributed by atoms with van der Waals surface area (Å²) in [7, 11) is 1.35. The molecule has 0 aliphatic carbocycles. The smallest absolute Gasteiger partial charge is 0.338 e. The Morgan fingerprint density at radius 2 is 1.86 bits per heavy atom. The largest absolute Gasteiger partial charge is 0.466 e. The van der Waals surface area contributed by atoms with Crippen LogP contribution in [0.3, 0.4) is 0 Å². The van der Waals surface area contributed by atoms with Crippen LogP contribution in [0.5, 0.6) is 0 Å². The molecule has 178 valence electrons. The van der Waals surface area contributed by atoms with Gasteiger partial charge < -0.3 is 9.30 Å². The number of carbonyl (C=O) groups excluding carboxylic acids is 1. The third kappa shape index (κ3) is 3.92. The Morgan fingerprint density at radius 1 is 1.11 bits per heavy atom. The summed E-state index contributed by atoms with van der Waals surface area (Å²) in [6.45, 7) is 7.98. The van der Waals surface area contributed by atoms with Crippen LogP contribution in [0.2, 0.25) is 0 Å². The van der Waals surface area contributed by atoms with Crippen LogP contribution in [0.15, 0.2) is 68.9 Å². The molecule has 1 unspecified atom stereocenters. The van der Waals surface area contributed by atoms with E-state index in [0.29, 0.717) is 20.6 Å². The molecule has 0 amide bonds. The maximum atomic E-state index is 13.7. The molecule has 35 heavy (non-hydrogen) atoms. The van der Waals surface area contributed by atoms with Crippen molar-refractivity contribution >= 4 is 34.7 Å². The van der Waals surface area contributed by atoms with Gasteiger partial charge in [-0.25, -0.2) is 9.79 Å². The second-order valence-electron chi connectivity index (χ2n) is 8.59. The van der Waals surface area contributed by atoms with Crippen LogP contribution >= 0.6 is 22.7 Å². The zero-order valence-corrected chi connectivity index (χ0v) is 21.8. The lowest BCUT2D eigenvalue weighted by Crippen LogP contribution is -2.39. The Hall–Kier alpha value is -3.49. The van der Waals surface area contributed by atoms with Crippen LogP contribution in [0.4, 0.5) is 0 Å². The normalized spacial score (nSPS) is 15.8. The number of methoxy groups -OCH3 is 1. The average molecular weight is 504 g/mol. The van der Waals surface area contributed by atoms with Gasteiger partial charge in [-0.3, -0.25) is 9.36 Å². The van der Waals surface area contributed by atoms with Crippen molar-refractivity contribution in [3.05, 3.63) is 106 Å². The fourth-order valence-corrected chi connectivity index (χ4v) is 6.44. The second-order valence-corrected chi connectivity index (χ2v) is 10.6. The molecule has 0 saturated heterocycles. The van der Waals surface area contributed by atoms with Gasteiger partial charge >= 0.3 is 5.97 Å². The van der Waals surface area contributed by atoms with Crippen molar-refractivity contribution in [3.63, 3.8) is 0 Å². The summed E-state index contributed by atoms with van der Waals surface area (Å²) in [5.74, 6) is -0.472. The van der Waals surface area contributed by atoms with E-state index in [-0.39, 0.29) is 5.56 Å². The van der Waals surface area contributed by atoms with Crippen LogP contribution in [-0.4, -0.2) is 22.2 Å². The van der Waals surface area contributed by atoms with Crippen molar-refractivity contribution in [1.82, 2.24) is 9.13 Å². The molecule has 4 aromatic rings. The molecule has 1 aromatic carbocycles. The topological polar surface area (TPSA) is 65.6 Å². The lowest BCUT2D eigenvalue weighted by Gasteiger charge is -2.22. The van der Waals surface area contributed by atoms with Crippen LogP contribution in [0, 0.1) is 20.8 Å². The monoisotopic (exact) mass is 503 g/mol. The van der Waals surface area contributed by atoms with E-state index in [1.165, 1.54) is 35.3 Å². The maximum Gasteiger partial charge on any atom is 0.338 e. The third-order valence-corrected chi connectivity index (χ3v) is 8.20. The number of aromatic nitrogens is 2. The molecule has 0 saturated carbocycles. The van der Waals surface area contributed by atoms with Crippen LogP contribution in [-0.2, 0) is 9.53 Å². The van der Waals surface area contributed by atoms with Gasteiger partial charge in [0.1, 0.15) is 6.04 Å². The fourth-order valence-electron chi connectivity index (χ4n) is 4.57. The number of benzene rings is 1. The molecular weight excluding hydrogens is 478 g/mol. The highest BCUT2D eigenvalue weighted by molar-refractivity contribution is 7.10. The van der Waals surface area contributed by atoms with Gasteiger partial charge in [-0.2, -0.15) is 0 Å². The van der Waals surface area contributed by atoms with Gasteiger partial charge in [0.25, 0.3) is 5.56 Å². The van der Waals surface area contributed by atoms with Gasteiger partial charge in [0.15, 0.2) is 4.80 Å². The van der Waals surface area contributed by atoms with Crippen molar-refractivity contribution in [2.75, 3.05) is 7.11 Å². The number of allylic oxidation sites excluding steroid dienone is 1. The quantitative estimate of drug-likeness (QED) is 0.393. The number of ether oxygens (including phenoxy) is 1. The minimum absolute atomic E-state index is 0.166. The van der Waals surface area contributed by atoms with Gasteiger partial charge in [-0.1, -0.05) is 35.1 Å². The molecule has 0 N–H and O–H groups in total. The first kappa shape index (κ1) is 23.3. The first-order valence-corrected chi connectivity index (χ1v) is 12.9. The standard InChI is InChI=1S/C27H25N3O3S2/c1-15-8-10-20(11-9-15)29-16(2)13-19(18(29)4)14-22-25(31)30-24(21-7-6-12-34-21)23(26(32)33-5)17(3)28-27(30)35-22/h6-14,24H,1-5H3. The Kier molecular flexibility index (Phi) is 5.94. The Bertz CT molecular complexity index is 1650. The number of hydrogen-bond acceptors (Lipinski definition) is 6. The molecule has 1 aliphatic heterocycles. The van der Waals surface area contributed by atoms with E-state index in [2.05, 4.69) is 60.7 Å². The summed E-state index contributed by atoms with van der Waals surface area (Å²) in [5.41, 5.74) is 6.21. The van der Waals surface area contributed by atoms with E-state index in [1.54, 1.807) is 11.5 Å². The lowest BCUT2D eigenvalue weighted by molar-refractivity contribution is -0.136. The van der Waals surface area contributed by atoms with E-state index in [0.717, 1.165) is 27.5 Å². The Labute approximate surface area is 210 Å². The molecule has 1 atom stereocenters. The molecule has 6 nitrogen and oxygen atoms in total. The molecule has 0 radical (unpaired) electrons. The number of fused-ring (bicyclic) bond motifs is 1. The van der Waals surface area contributed by atoms with E-state index >= 15 is 0 Å². The molecule has 0 fully saturated rings. The van der Waals surface area contributed by atoms with Gasteiger partial charge in [0.05, 0.1) is 22.9 Å². The van der Waals surface area contributed by atoms with Gasteiger partial charge in [0, 0.05) is 22.0 Å². The summed E-state index contributed by atoms with van der Waals surface area (Å²) >= 11 is 2.84. The van der Waals surface area contributed by atoms with Gasteiger partial charge in [0.2, 0.25) is 0 Å².